The highest BCUT2D eigenvalue weighted by molar-refractivity contribution is 7.91. The second kappa shape index (κ2) is 7.09. The number of carbonyl (C=O) groups is 1. The van der Waals surface area contributed by atoms with Crippen molar-refractivity contribution in [2.75, 3.05) is 37.7 Å². The summed E-state index contributed by atoms with van der Waals surface area (Å²) in [6.07, 6.45) is 6.87. The highest BCUT2D eigenvalue weighted by Gasteiger charge is 2.34. The predicted molar refractivity (Wildman–Crippen MR) is 106 cm³/mol. The van der Waals surface area contributed by atoms with Gasteiger partial charge < -0.3 is 9.47 Å². The lowest BCUT2D eigenvalue weighted by atomic mass is 10.2. The standard InChI is InChI=1S/C20H29N3O3S/c1-15-13-17(16(2)23(15)18-4-5-18)3-6-20(24)22-10-8-21(9-11-22)19-7-12-27(25,26)14-19/h3,6,13,18-19H,4-5,7-12,14H2,1-2H3. The zero-order chi connectivity index (χ0) is 19.2. The maximum atomic E-state index is 12.6. The first-order valence-corrected chi connectivity index (χ1v) is 11.8. The van der Waals surface area contributed by atoms with Crippen molar-refractivity contribution < 1.29 is 13.2 Å². The van der Waals surface area contributed by atoms with E-state index in [0.29, 0.717) is 24.9 Å². The van der Waals surface area contributed by atoms with Gasteiger partial charge in [-0.3, -0.25) is 9.69 Å². The Kier molecular flexibility index (Phi) is 4.93. The van der Waals surface area contributed by atoms with Crippen LogP contribution < -0.4 is 0 Å². The Labute approximate surface area is 161 Å². The van der Waals surface area contributed by atoms with Gasteiger partial charge >= 0.3 is 0 Å². The molecular formula is C20H29N3O3S. The molecule has 3 aliphatic rings. The van der Waals surface area contributed by atoms with Crippen LogP contribution in [0.15, 0.2) is 12.1 Å². The van der Waals surface area contributed by atoms with E-state index in [4.69, 9.17) is 0 Å². The fourth-order valence-electron chi connectivity index (χ4n) is 4.50. The molecule has 1 aliphatic carbocycles. The van der Waals surface area contributed by atoms with Gasteiger partial charge in [-0.15, -0.1) is 0 Å². The summed E-state index contributed by atoms with van der Waals surface area (Å²) < 4.78 is 25.7. The first kappa shape index (κ1) is 18.7. The highest BCUT2D eigenvalue weighted by Crippen LogP contribution is 2.38. The number of hydrogen-bond donors (Lipinski definition) is 0. The van der Waals surface area contributed by atoms with Crippen molar-refractivity contribution in [1.29, 1.82) is 0 Å². The number of hydrogen-bond acceptors (Lipinski definition) is 4. The van der Waals surface area contributed by atoms with E-state index in [1.165, 1.54) is 24.2 Å². The van der Waals surface area contributed by atoms with Crippen molar-refractivity contribution in [2.45, 2.75) is 45.2 Å². The van der Waals surface area contributed by atoms with Crippen molar-refractivity contribution in [3.05, 3.63) is 29.1 Å². The quantitative estimate of drug-likeness (QED) is 0.734. The zero-order valence-electron chi connectivity index (χ0n) is 16.2. The molecule has 6 nitrogen and oxygen atoms in total. The zero-order valence-corrected chi connectivity index (χ0v) is 17.0. The molecule has 0 radical (unpaired) electrons. The normalized spacial score (nSPS) is 26.1. The number of sulfone groups is 1. The molecule has 0 spiro atoms. The van der Waals surface area contributed by atoms with Gasteiger partial charge in [0.1, 0.15) is 0 Å². The smallest absolute Gasteiger partial charge is 0.246 e. The van der Waals surface area contributed by atoms with Crippen molar-refractivity contribution in [3.63, 3.8) is 0 Å². The van der Waals surface area contributed by atoms with Crippen LogP contribution in [0, 0.1) is 13.8 Å². The molecule has 3 fully saturated rings. The molecule has 0 N–H and O–H groups in total. The number of aromatic nitrogens is 1. The summed E-state index contributed by atoms with van der Waals surface area (Å²) in [5, 5.41) is 0. The van der Waals surface area contributed by atoms with Crippen LogP contribution >= 0.6 is 0 Å². The van der Waals surface area contributed by atoms with Gasteiger partial charge in [0.25, 0.3) is 0 Å². The predicted octanol–water partition coefficient (Wildman–Crippen LogP) is 1.78. The molecule has 27 heavy (non-hydrogen) atoms. The first-order valence-electron chi connectivity index (χ1n) is 9.94. The molecule has 7 heteroatoms. The molecular weight excluding hydrogens is 362 g/mol. The van der Waals surface area contributed by atoms with Crippen molar-refractivity contribution in [1.82, 2.24) is 14.4 Å². The third kappa shape index (κ3) is 3.99. The average molecular weight is 392 g/mol. The summed E-state index contributed by atoms with van der Waals surface area (Å²) in [5.41, 5.74) is 3.64. The van der Waals surface area contributed by atoms with E-state index in [9.17, 15) is 13.2 Å². The molecule has 148 valence electrons. The fourth-order valence-corrected chi connectivity index (χ4v) is 6.26. The fraction of sp³-hybridized carbons (Fsp3) is 0.650. The molecule has 1 aromatic heterocycles. The maximum Gasteiger partial charge on any atom is 0.246 e. The molecule has 1 amide bonds. The number of amides is 1. The van der Waals surface area contributed by atoms with Crippen LogP contribution in [-0.4, -0.2) is 72.4 Å². The number of nitrogens with zero attached hydrogens (tertiary/aromatic N) is 3. The number of rotatable bonds is 4. The van der Waals surface area contributed by atoms with Crippen LogP contribution in [0.4, 0.5) is 0 Å². The van der Waals surface area contributed by atoms with Gasteiger partial charge in [-0.05, 0) is 50.8 Å². The minimum Gasteiger partial charge on any atom is -0.346 e. The van der Waals surface area contributed by atoms with E-state index >= 15 is 0 Å². The van der Waals surface area contributed by atoms with Gasteiger partial charge in [-0.2, -0.15) is 0 Å². The molecule has 1 saturated carbocycles. The monoisotopic (exact) mass is 391 g/mol. The van der Waals surface area contributed by atoms with Crippen LogP contribution in [0.5, 0.6) is 0 Å². The third-order valence-electron chi connectivity index (χ3n) is 6.19. The van der Waals surface area contributed by atoms with Gasteiger partial charge in [-0.1, -0.05) is 0 Å². The Morgan fingerprint density at radius 1 is 1.07 bits per heavy atom. The summed E-state index contributed by atoms with van der Waals surface area (Å²) in [4.78, 5) is 16.7. The molecule has 1 aromatic rings. The van der Waals surface area contributed by atoms with Crippen LogP contribution in [0.2, 0.25) is 0 Å². The van der Waals surface area contributed by atoms with Crippen molar-refractivity contribution in [3.8, 4) is 0 Å². The topological polar surface area (TPSA) is 62.6 Å². The number of aryl methyl sites for hydroxylation is 1. The average Bonchev–Trinajstić information content (AvgIpc) is 3.34. The molecule has 0 aromatic carbocycles. The SMILES string of the molecule is Cc1cc(C=CC(=O)N2CCN(C3CCS(=O)(=O)C3)CC2)c(C)n1C1CC1. The Morgan fingerprint density at radius 2 is 1.78 bits per heavy atom. The van der Waals surface area contributed by atoms with E-state index in [1.807, 2.05) is 11.0 Å². The Hall–Kier alpha value is -1.60. The van der Waals surface area contributed by atoms with Gasteiger partial charge in [0.15, 0.2) is 9.84 Å². The first-order chi connectivity index (χ1) is 12.8. The van der Waals surface area contributed by atoms with E-state index in [-0.39, 0.29) is 17.7 Å². The largest absolute Gasteiger partial charge is 0.346 e. The lowest BCUT2D eigenvalue weighted by Crippen LogP contribution is -2.52. The second-order valence-corrected chi connectivity index (χ2v) is 10.4. The summed E-state index contributed by atoms with van der Waals surface area (Å²) in [5.74, 6) is 0.626. The maximum absolute atomic E-state index is 12.6. The number of piperazine rings is 1. The molecule has 2 aliphatic heterocycles. The van der Waals surface area contributed by atoms with E-state index in [0.717, 1.165) is 25.1 Å². The molecule has 1 atom stereocenters. The highest BCUT2D eigenvalue weighted by atomic mass is 32.2. The minimum absolute atomic E-state index is 0.0462. The van der Waals surface area contributed by atoms with E-state index in [2.05, 4.69) is 29.4 Å². The van der Waals surface area contributed by atoms with Gasteiger partial charge in [0.05, 0.1) is 11.5 Å². The van der Waals surface area contributed by atoms with Gasteiger partial charge in [0, 0.05) is 55.7 Å². The Morgan fingerprint density at radius 3 is 2.37 bits per heavy atom. The summed E-state index contributed by atoms with van der Waals surface area (Å²) in [6, 6.07) is 2.95. The second-order valence-electron chi connectivity index (χ2n) is 8.18. The van der Waals surface area contributed by atoms with Crippen LogP contribution in [0.3, 0.4) is 0 Å². The Bertz CT molecular complexity index is 859. The van der Waals surface area contributed by atoms with Gasteiger partial charge in [-0.25, -0.2) is 8.42 Å². The van der Waals surface area contributed by atoms with Crippen molar-refractivity contribution in [2.24, 2.45) is 0 Å². The number of carbonyl (C=O) groups excluding carboxylic acids is 1. The minimum atomic E-state index is -2.86. The molecule has 2 saturated heterocycles. The van der Waals surface area contributed by atoms with Crippen molar-refractivity contribution >= 4 is 21.8 Å². The molecule has 4 rings (SSSR count). The van der Waals surface area contributed by atoms with Gasteiger partial charge in [0.2, 0.25) is 5.91 Å². The van der Waals surface area contributed by atoms with E-state index < -0.39 is 9.84 Å². The van der Waals surface area contributed by atoms with Crippen LogP contribution in [0.25, 0.3) is 6.08 Å². The summed E-state index contributed by atoms with van der Waals surface area (Å²) >= 11 is 0. The molecule has 1 unspecified atom stereocenters. The van der Waals surface area contributed by atoms with E-state index in [1.54, 1.807) is 6.08 Å². The lowest BCUT2D eigenvalue weighted by molar-refractivity contribution is -0.127. The van der Waals surface area contributed by atoms with Crippen LogP contribution in [0.1, 0.15) is 42.3 Å². The van der Waals surface area contributed by atoms with Crippen LogP contribution in [-0.2, 0) is 14.6 Å². The third-order valence-corrected chi connectivity index (χ3v) is 7.94. The Balaban J connectivity index is 1.33. The molecule has 0 bridgehead atoms. The summed E-state index contributed by atoms with van der Waals surface area (Å²) in [6.45, 7) is 7.12. The lowest BCUT2D eigenvalue weighted by Gasteiger charge is -2.37. The summed E-state index contributed by atoms with van der Waals surface area (Å²) in [7, 11) is -2.86. The molecule has 3 heterocycles.